The van der Waals surface area contributed by atoms with E-state index in [2.05, 4.69) is 11.9 Å². The average molecular weight is 505 g/mol. The number of benzene rings is 1. The van der Waals surface area contributed by atoms with E-state index in [4.69, 9.17) is 14.2 Å². The molecule has 3 heterocycles. The zero-order valence-electron chi connectivity index (χ0n) is 20.0. The molecular formula is C25H32N2O7S. The number of nitrogens with zero attached hydrogens (tertiary/aromatic N) is 1. The van der Waals surface area contributed by atoms with Crippen molar-refractivity contribution in [1.29, 1.82) is 0 Å². The molecule has 10 heteroatoms. The van der Waals surface area contributed by atoms with Crippen molar-refractivity contribution in [3.8, 4) is 5.75 Å². The summed E-state index contributed by atoms with van der Waals surface area (Å²) in [7, 11) is 0. The van der Waals surface area contributed by atoms with E-state index in [-0.39, 0.29) is 47.3 Å². The third-order valence-corrected chi connectivity index (χ3v) is 7.28. The molecule has 1 aromatic carbocycles. The summed E-state index contributed by atoms with van der Waals surface area (Å²) in [4.78, 5) is 26.0. The van der Waals surface area contributed by atoms with Crippen molar-refractivity contribution in [1.82, 2.24) is 9.88 Å². The molecule has 9 nitrogen and oxygen atoms in total. The van der Waals surface area contributed by atoms with Crippen LogP contribution < -0.4 is 15.5 Å². The average Bonchev–Trinajstić information content (AvgIpc) is 2.80. The van der Waals surface area contributed by atoms with Gasteiger partial charge in [-0.15, -0.1) is 11.8 Å². The molecular weight excluding hydrogens is 472 g/mol. The molecule has 1 fully saturated rings. The molecule has 2 aliphatic heterocycles. The first-order valence-corrected chi connectivity index (χ1v) is 12.8. The number of aliphatic hydroxyl groups excluding tert-OH is 2. The van der Waals surface area contributed by atoms with Crippen LogP contribution >= 0.6 is 11.8 Å². The quantitative estimate of drug-likeness (QED) is 0.205. The van der Waals surface area contributed by atoms with Gasteiger partial charge in [0.15, 0.2) is 11.7 Å². The van der Waals surface area contributed by atoms with Crippen molar-refractivity contribution in [2.75, 3.05) is 25.4 Å². The highest BCUT2D eigenvalue weighted by molar-refractivity contribution is 7.99. The van der Waals surface area contributed by atoms with Crippen LogP contribution in [0, 0.1) is 5.92 Å². The molecule has 1 saturated heterocycles. The Kier molecular flexibility index (Phi) is 8.05. The Morgan fingerprint density at radius 2 is 2.14 bits per heavy atom. The third-order valence-electron chi connectivity index (χ3n) is 6.30. The van der Waals surface area contributed by atoms with Crippen LogP contribution in [0.15, 0.2) is 34.6 Å². The van der Waals surface area contributed by atoms with E-state index in [1.807, 2.05) is 23.6 Å². The second kappa shape index (κ2) is 11.0. The number of aromatic nitrogens is 1. The number of carbonyl (C=O) groups is 1. The van der Waals surface area contributed by atoms with Crippen molar-refractivity contribution in [2.24, 2.45) is 5.92 Å². The lowest BCUT2D eigenvalue weighted by molar-refractivity contribution is -0.221. The van der Waals surface area contributed by atoms with Gasteiger partial charge in [0, 0.05) is 42.3 Å². The minimum atomic E-state index is -0.806. The molecule has 0 amide bonds. The molecule has 2 unspecified atom stereocenters. The first kappa shape index (κ1) is 25.6. The van der Waals surface area contributed by atoms with Crippen LogP contribution in [0.1, 0.15) is 32.3 Å². The largest absolute Gasteiger partial charge is 0.508 e. The van der Waals surface area contributed by atoms with Gasteiger partial charge in [0.25, 0.3) is 0 Å². The van der Waals surface area contributed by atoms with E-state index in [9.17, 15) is 19.8 Å². The van der Waals surface area contributed by atoms with Crippen LogP contribution in [0.2, 0.25) is 0 Å². The summed E-state index contributed by atoms with van der Waals surface area (Å²) in [5.74, 6) is 0.878. The molecule has 2 aliphatic rings. The Balaban J connectivity index is 1.28. The molecule has 4 atom stereocenters. The van der Waals surface area contributed by atoms with Gasteiger partial charge in [0.1, 0.15) is 24.2 Å². The van der Waals surface area contributed by atoms with E-state index in [0.29, 0.717) is 43.8 Å². The standard InChI is InChI=1S/C25H32N2O7S/c1-14-10-22(30)33-16(3)25(14)34-21(29)4-5-26-6-9-35-17-11-18-23-20(12-17)32-8-7-27(23)13-19(15(2)28)24(18)31/h11-14,16,22,25-26,28,30H,2,4-10H2,1,3H3/t14?,16?,22-,25-/m1/s1. The lowest BCUT2D eigenvalue weighted by Gasteiger charge is -2.36. The summed E-state index contributed by atoms with van der Waals surface area (Å²) in [6.45, 7) is 9.48. The highest BCUT2D eigenvalue weighted by atomic mass is 32.2. The zero-order valence-corrected chi connectivity index (χ0v) is 20.8. The number of ether oxygens (including phenoxy) is 3. The SMILES string of the molecule is C=C(O)c1cn2c3c(cc(SCCNCCC(=O)O[C@@H]4C(C)C[C@H](O)OC4C)cc3c1=O)OCC2. The normalized spacial score (nSPS) is 23.6. The van der Waals surface area contributed by atoms with Gasteiger partial charge in [-0.3, -0.25) is 9.59 Å². The molecule has 0 spiro atoms. The van der Waals surface area contributed by atoms with E-state index in [0.717, 1.165) is 16.2 Å². The van der Waals surface area contributed by atoms with Gasteiger partial charge in [-0.05, 0) is 19.1 Å². The van der Waals surface area contributed by atoms with E-state index >= 15 is 0 Å². The third kappa shape index (κ3) is 5.83. The van der Waals surface area contributed by atoms with Crippen molar-refractivity contribution in [2.45, 2.75) is 56.6 Å². The number of carbonyl (C=O) groups excluding carboxylic acids is 1. The van der Waals surface area contributed by atoms with Crippen molar-refractivity contribution < 1.29 is 29.2 Å². The highest BCUT2D eigenvalue weighted by Gasteiger charge is 2.35. The monoisotopic (exact) mass is 504 g/mol. The van der Waals surface area contributed by atoms with E-state index in [1.54, 1.807) is 24.9 Å². The lowest BCUT2D eigenvalue weighted by atomic mass is 9.94. The minimum absolute atomic E-state index is 0.0360. The lowest BCUT2D eigenvalue weighted by Crippen LogP contribution is -2.45. The minimum Gasteiger partial charge on any atom is -0.508 e. The van der Waals surface area contributed by atoms with E-state index in [1.165, 1.54) is 0 Å². The summed E-state index contributed by atoms with van der Waals surface area (Å²) in [5, 5.41) is 23.2. The molecule has 0 radical (unpaired) electrons. The smallest absolute Gasteiger partial charge is 0.307 e. The number of thioether (sulfide) groups is 1. The van der Waals surface area contributed by atoms with Crippen molar-refractivity contribution in [3.63, 3.8) is 0 Å². The molecule has 0 aliphatic carbocycles. The summed E-state index contributed by atoms with van der Waals surface area (Å²) >= 11 is 1.57. The van der Waals surface area contributed by atoms with E-state index < -0.39 is 6.29 Å². The maximum absolute atomic E-state index is 12.9. The number of rotatable bonds is 9. The Morgan fingerprint density at radius 1 is 1.34 bits per heavy atom. The summed E-state index contributed by atoms with van der Waals surface area (Å²) in [6.07, 6.45) is 0.819. The summed E-state index contributed by atoms with van der Waals surface area (Å²) in [6, 6.07) is 3.75. The van der Waals surface area contributed by atoms with Crippen LogP contribution in [-0.4, -0.2) is 64.7 Å². The topological polar surface area (TPSA) is 119 Å². The highest BCUT2D eigenvalue weighted by Crippen LogP contribution is 2.33. The van der Waals surface area contributed by atoms with Crippen LogP contribution in [-0.2, 0) is 20.8 Å². The number of esters is 1. The fourth-order valence-corrected chi connectivity index (χ4v) is 5.45. The molecule has 4 rings (SSSR count). The van der Waals surface area contributed by atoms with Crippen molar-refractivity contribution >= 4 is 34.4 Å². The maximum atomic E-state index is 12.9. The molecule has 35 heavy (non-hydrogen) atoms. The van der Waals surface area contributed by atoms with Gasteiger partial charge in [0.05, 0.1) is 35.5 Å². The molecule has 0 saturated carbocycles. The Hall–Kier alpha value is -2.53. The predicted octanol–water partition coefficient (Wildman–Crippen LogP) is 2.67. The molecule has 2 aromatic rings. The second-order valence-corrected chi connectivity index (χ2v) is 10.2. The number of nitrogens with one attached hydrogen (secondary N) is 1. The Bertz CT molecular complexity index is 1150. The van der Waals surface area contributed by atoms with Gasteiger partial charge >= 0.3 is 5.97 Å². The van der Waals surface area contributed by atoms with Crippen molar-refractivity contribution in [3.05, 3.63) is 40.7 Å². The van der Waals surface area contributed by atoms with Gasteiger partial charge in [-0.1, -0.05) is 13.5 Å². The van der Waals surface area contributed by atoms with Gasteiger partial charge in [-0.25, -0.2) is 0 Å². The maximum Gasteiger partial charge on any atom is 0.307 e. The number of aliphatic hydroxyl groups is 2. The van der Waals surface area contributed by atoms with Crippen LogP contribution in [0.3, 0.4) is 0 Å². The zero-order chi connectivity index (χ0) is 25.1. The number of hydrogen-bond acceptors (Lipinski definition) is 9. The predicted molar refractivity (Wildman–Crippen MR) is 134 cm³/mol. The Morgan fingerprint density at radius 3 is 2.89 bits per heavy atom. The number of pyridine rings is 1. The summed E-state index contributed by atoms with van der Waals surface area (Å²) < 4.78 is 18.7. The van der Waals surface area contributed by atoms with Crippen LogP contribution in [0.25, 0.3) is 16.7 Å². The van der Waals surface area contributed by atoms with Crippen LogP contribution in [0.5, 0.6) is 5.75 Å². The fraction of sp³-hybridized carbons (Fsp3) is 0.520. The summed E-state index contributed by atoms with van der Waals surface area (Å²) in [5.41, 5.74) is 0.658. The fourth-order valence-electron chi connectivity index (χ4n) is 4.58. The number of hydrogen-bond donors (Lipinski definition) is 3. The van der Waals surface area contributed by atoms with Gasteiger partial charge in [-0.2, -0.15) is 0 Å². The second-order valence-electron chi connectivity index (χ2n) is 8.99. The molecule has 190 valence electrons. The molecule has 1 aromatic heterocycles. The van der Waals surface area contributed by atoms with Gasteiger partial charge < -0.3 is 34.3 Å². The van der Waals surface area contributed by atoms with Gasteiger partial charge in [0.2, 0.25) is 0 Å². The first-order chi connectivity index (χ1) is 16.7. The first-order valence-electron chi connectivity index (χ1n) is 11.8. The molecule has 3 N–H and O–H groups in total. The Labute approximate surface area is 208 Å². The molecule has 0 bridgehead atoms. The van der Waals surface area contributed by atoms with Crippen LogP contribution in [0.4, 0.5) is 0 Å².